The average Bonchev–Trinajstić information content (AvgIpc) is 2.88. The minimum absolute atomic E-state index is 0.0421. The third-order valence-corrected chi connectivity index (χ3v) is 6.61. The van der Waals surface area contributed by atoms with Crippen LogP contribution in [0.2, 0.25) is 0 Å². The number of hydrogen-bond donors (Lipinski definition) is 0. The number of Topliss-reactive ketones (excluding diaryl/α,β-unsaturated/α-hetero) is 1. The summed E-state index contributed by atoms with van der Waals surface area (Å²) < 4.78 is 32.9. The van der Waals surface area contributed by atoms with Crippen molar-refractivity contribution in [2.24, 2.45) is 5.92 Å². The first-order chi connectivity index (χ1) is 16.8. The number of benzene rings is 2. The predicted octanol–water partition coefficient (Wildman–Crippen LogP) is 5.46. The third-order valence-electron chi connectivity index (χ3n) is 6.61. The first-order valence-electron chi connectivity index (χ1n) is 11.3. The van der Waals surface area contributed by atoms with E-state index in [0.29, 0.717) is 40.9 Å². The molecule has 0 N–H and O–H groups in total. The van der Waals surface area contributed by atoms with E-state index in [2.05, 4.69) is 6.92 Å². The van der Waals surface area contributed by atoms with E-state index < -0.39 is 0 Å². The minimum Gasteiger partial charge on any atom is -0.493 e. The van der Waals surface area contributed by atoms with Gasteiger partial charge >= 0.3 is 0 Å². The highest BCUT2D eigenvalue weighted by molar-refractivity contribution is 5.98. The van der Waals surface area contributed by atoms with Gasteiger partial charge in [-0.3, -0.25) is 4.79 Å². The van der Waals surface area contributed by atoms with Crippen LogP contribution in [0, 0.1) is 5.92 Å². The molecule has 0 bridgehead atoms. The molecule has 0 saturated heterocycles. The SMILES string of the molecule is COc1cc(/C=C/C2=C(C)C(=O)C[C@@H](c3cc(OC)c(OC)c(OC)c3)[C@H]2C)cc(OC)c1OC. The monoisotopic (exact) mass is 482 g/mol. The predicted molar refractivity (Wildman–Crippen MR) is 135 cm³/mol. The normalized spacial score (nSPS) is 18.0. The summed E-state index contributed by atoms with van der Waals surface area (Å²) >= 11 is 0. The molecule has 0 saturated carbocycles. The van der Waals surface area contributed by atoms with Gasteiger partial charge in [0.15, 0.2) is 28.8 Å². The maximum Gasteiger partial charge on any atom is 0.203 e. The summed E-state index contributed by atoms with van der Waals surface area (Å²) in [6, 6.07) is 7.60. The van der Waals surface area contributed by atoms with Crippen molar-refractivity contribution in [1.29, 1.82) is 0 Å². The van der Waals surface area contributed by atoms with E-state index in [1.165, 1.54) is 0 Å². The first kappa shape index (κ1) is 26.0. The average molecular weight is 483 g/mol. The molecule has 2 aromatic carbocycles. The molecular weight excluding hydrogens is 448 g/mol. The molecular formula is C28H34O7. The topological polar surface area (TPSA) is 72.5 Å². The zero-order valence-corrected chi connectivity index (χ0v) is 21.7. The van der Waals surface area contributed by atoms with Crippen LogP contribution in [-0.4, -0.2) is 48.4 Å². The lowest BCUT2D eigenvalue weighted by Crippen LogP contribution is -2.24. The van der Waals surface area contributed by atoms with Gasteiger partial charge in [0.25, 0.3) is 0 Å². The van der Waals surface area contributed by atoms with Crippen LogP contribution < -0.4 is 28.4 Å². The summed E-state index contributed by atoms with van der Waals surface area (Å²) in [5.74, 6) is 3.50. The second-order valence-corrected chi connectivity index (χ2v) is 8.35. The number of ketones is 1. The number of carbonyl (C=O) groups excluding carboxylic acids is 1. The lowest BCUT2D eigenvalue weighted by Gasteiger charge is -2.31. The van der Waals surface area contributed by atoms with Crippen molar-refractivity contribution in [1.82, 2.24) is 0 Å². The molecule has 0 aromatic heterocycles. The summed E-state index contributed by atoms with van der Waals surface area (Å²) in [4.78, 5) is 13.0. The molecule has 0 aliphatic heterocycles. The molecule has 2 aromatic rings. The van der Waals surface area contributed by atoms with Gasteiger partial charge in [-0.15, -0.1) is 0 Å². The van der Waals surface area contributed by atoms with Crippen LogP contribution in [0.25, 0.3) is 6.08 Å². The second-order valence-electron chi connectivity index (χ2n) is 8.35. The van der Waals surface area contributed by atoms with Gasteiger partial charge < -0.3 is 28.4 Å². The van der Waals surface area contributed by atoms with Gasteiger partial charge in [-0.05, 0) is 65.3 Å². The number of allylic oxidation sites excluding steroid dienone is 3. The lowest BCUT2D eigenvalue weighted by molar-refractivity contribution is -0.116. The Bertz CT molecular complexity index is 1100. The Morgan fingerprint density at radius 1 is 0.714 bits per heavy atom. The fourth-order valence-corrected chi connectivity index (χ4v) is 4.63. The molecule has 35 heavy (non-hydrogen) atoms. The smallest absolute Gasteiger partial charge is 0.203 e. The molecule has 0 fully saturated rings. The van der Waals surface area contributed by atoms with Crippen LogP contribution in [0.3, 0.4) is 0 Å². The van der Waals surface area contributed by atoms with Crippen molar-refractivity contribution < 1.29 is 33.2 Å². The van der Waals surface area contributed by atoms with Gasteiger partial charge in [-0.25, -0.2) is 0 Å². The van der Waals surface area contributed by atoms with E-state index in [4.69, 9.17) is 28.4 Å². The zero-order chi connectivity index (χ0) is 25.7. The molecule has 7 nitrogen and oxygen atoms in total. The number of methoxy groups -OCH3 is 6. The Hall–Kier alpha value is -3.61. The quantitative estimate of drug-likeness (QED) is 0.470. The van der Waals surface area contributed by atoms with Gasteiger partial charge in [0, 0.05) is 6.42 Å². The van der Waals surface area contributed by atoms with Crippen molar-refractivity contribution in [3.8, 4) is 34.5 Å². The summed E-state index contributed by atoms with van der Waals surface area (Å²) in [7, 11) is 9.49. The van der Waals surface area contributed by atoms with Gasteiger partial charge in [0.1, 0.15) is 0 Å². The molecule has 188 valence electrons. The van der Waals surface area contributed by atoms with Gasteiger partial charge in [-0.2, -0.15) is 0 Å². The van der Waals surface area contributed by atoms with E-state index >= 15 is 0 Å². The molecule has 0 radical (unpaired) electrons. The van der Waals surface area contributed by atoms with Gasteiger partial charge in [-0.1, -0.05) is 19.1 Å². The Labute approximate surface area is 207 Å². The van der Waals surface area contributed by atoms with Crippen LogP contribution >= 0.6 is 0 Å². The molecule has 1 aliphatic carbocycles. The highest BCUT2D eigenvalue weighted by atomic mass is 16.5. The van der Waals surface area contributed by atoms with Crippen molar-refractivity contribution >= 4 is 11.9 Å². The highest BCUT2D eigenvalue weighted by Crippen LogP contribution is 2.46. The van der Waals surface area contributed by atoms with Crippen molar-refractivity contribution in [3.63, 3.8) is 0 Å². The van der Waals surface area contributed by atoms with E-state index in [1.807, 2.05) is 43.3 Å². The van der Waals surface area contributed by atoms with Crippen LogP contribution in [0.4, 0.5) is 0 Å². The second kappa shape index (κ2) is 11.2. The Morgan fingerprint density at radius 3 is 1.60 bits per heavy atom. The van der Waals surface area contributed by atoms with E-state index in [-0.39, 0.29) is 17.6 Å². The standard InChI is InChI=1S/C28H34O7/c1-16-20(10-9-18-11-23(30-3)27(34-7)24(12-18)31-4)17(2)22(29)15-21(16)19-13-25(32-5)28(35-8)26(14-19)33-6/h9-14,16,21H,15H2,1-8H3/b10-9+/t16-,21+/m0/s1. The lowest BCUT2D eigenvalue weighted by atomic mass is 9.72. The van der Waals surface area contributed by atoms with Crippen molar-refractivity contribution in [2.45, 2.75) is 26.2 Å². The molecule has 7 heteroatoms. The van der Waals surface area contributed by atoms with E-state index in [0.717, 1.165) is 22.3 Å². The number of hydrogen-bond acceptors (Lipinski definition) is 7. The molecule has 2 atom stereocenters. The molecule has 1 aliphatic rings. The van der Waals surface area contributed by atoms with E-state index in [9.17, 15) is 4.79 Å². The largest absolute Gasteiger partial charge is 0.493 e. The summed E-state index contributed by atoms with van der Waals surface area (Å²) in [5, 5.41) is 0. The molecule has 0 amide bonds. The number of rotatable bonds is 9. The fourth-order valence-electron chi connectivity index (χ4n) is 4.63. The maximum atomic E-state index is 13.0. The molecule has 0 heterocycles. The molecule has 0 unspecified atom stereocenters. The molecule has 0 spiro atoms. The van der Waals surface area contributed by atoms with Crippen LogP contribution in [0.5, 0.6) is 34.5 Å². The summed E-state index contributed by atoms with van der Waals surface area (Å²) in [5.41, 5.74) is 3.58. The van der Waals surface area contributed by atoms with Crippen LogP contribution in [0.1, 0.15) is 37.3 Å². The van der Waals surface area contributed by atoms with E-state index in [1.54, 1.807) is 42.7 Å². The van der Waals surface area contributed by atoms with Crippen LogP contribution in [0.15, 0.2) is 41.5 Å². The Balaban J connectivity index is 2.02. The van der Waals surface area contributed by atoms with Crippen LogP contribution in [-0.2, 0) is 4.79 Å². The minimum atomic E-state index is -0.0421. The van der Waals surface area contributed by atoms with Crippen molar-refractivity contribution in [3.05, 3.63) is 52.6 Å². The van der Waals surface area contributed by atoms with Crippen molar-refractivity contribution in [2.75, 3.05) is 42.7 Å². The first-order valence-corrected chi connectivity index (χ1v) is 11.3. The number of ether oxygens (including phenoxy) is 6. The van der Waals surface area contributed by atoms with Gasteiger partial charge in [0.2, 0.25) is 11.5 Å². The maximum absolute atomic E-state index is 13.0. The third kappa shape index (κ3) is 5.09. The summed E-state index contributed by atoms with van der Waals surface area (Å²) in [6.45, 7) is 4.03. The highest BCUT2D eigenvalue weighted by Gasteiger charge is 2.33. The molecule has 3 rings (SSSR count). The number of carbonyl (C=O) groups is 1. The van der Waals surface area contributed by atoms with Gasteiger partial charge in [0.05, 0.1) is 42.7 Å². The Morgan fingerprint density at radius 2 is 1.17 bits per heavy atom. The zero-order valence-electron chi connectivity index (χ0n) is 21.7. The summed E-state index contributed by atoms with van der Waals surface area (Å²) in [6.07, 6.45) is 4.38. The fraction of sp³-hybridized carbons (Fsp3) is 0.393. The Kier molecular flexibility index (Phi) is 8.33.